The number of halogens is 1. The van der Waals surface area contributed by atoms with Crippen LogP contribution in [0.3, 0.4) is 0 Å². The number of rotatable bonds is 7. The minimum absolute atomic E-state index is 0.187. The van der Waals surface area contributed by atoms with Crippen LogP contribution in [-0.2, 0) is 16.6 Å². The Morgan fingerprint density at radius 3 is 2.34 bits per heavy atom. The van der Waals surface area contributed by atoms with Crippen LogP contribution in [-0.4, -0.2) is 63.0 Å². The molecule has 0 amide bonds. The molecule has 1 saturated heterocycles. The van der Waals surface area contributed by atoms with Gasteiger partial charge in [-0.2, -0.15) is 4.31 Å². The molecule has 10 heteroatoms. The van der Waals surface area contributed by atoms with Crippen molar-refractivity contribution in [3.63, 3.8) is 0 Å². The number of piperazine rings is 1. The van der Waals surface area contributed by atoms with Crippen LogP contribution < -0.4 is 9.47 Å². The Morgan fingerprint density at radius 2 is 1.69 bits per heavy atom. The second-order valence-corrected chi connectivity index (χ2v) is 10.2. The summed E-state index contributed by atoms with van der Waals surface area (Å²) in [5.41, 5.74) is 1.69. The van der Waals surface area contributed by atoms with Crippen LogP contribution in [0.4, 0.5) is 4.39 Å². The SMILES string of the molecule is COc1ccc(S(=O)(=O)N2CCN(Cc3nc(-c4ccc(F)cc4)cs3)CC2)cc1OC. The lowest BCUT2D eigenvalue weighted by Crippen LogP contribution is -2.48. The van der Waals surface area contributed by atoms with E-state index in [2.05, 4.69) is 9.88 Å². The zero-order chi connectivity index (χ0) is 22.7. The molecule has 1 aromatic heterocycles. The molecule has 2 heterocycles. The molecular formula is C22H24FN3O4S2. The number of ether oxygens (including phenoxy) is 2. The van der Waals surface area contributed by atoms with Gasteiger partial charge in [0.1, 0.15) is 10.8 Å². The molecule has 0 aliphatic carbocycles. The molecule has 2 aromatic carbocycles. The van der Waals surface area contributed by atoms with Gasteiger partial charge in [0.2, 0.25) is 10.0 Å². The Balaban J connectivity index is 1.38. The molecule has 1 fully saturated rings. The highest BCUT2D eigenvalue weighted by atomic mass is 32.2. The summed E-state index contributed by atoms with van der Waals surface area (Å²) in [6.07, 6.45) is 0. The van der Waals surface area contributed by atoms with E-state index in [9.17, 15) is 12.8 Å². The Kier molecular flexibility index (Phi) is 6.75. The molecule has 3 aromatic rings. The first kappa shape index (κ1) is 22.7. The Bertz CT molecular complexity index is 1170. The van der Waals surface area contributed by atoms with Crippen molar-refractivity contribution < 1.29 is 22.3 Å². The first-order valence-electron chi connectivity index (χ1n) is 10.1. The average molecular weight is 478 g/mol. The third kappa shape index (κ3) is 4.78. The summed E-state index contributed by atoms with van der Waals surface area (Å²) in [7, 11) is -0.634. The first-order chi connectivity index (χ1) is 15.4. The topological polar surface area (TPSA) is 72.0 Å². The van der Waals surface area contributed by atoms with Gasteiger partial charge in [-0.3, -0.25) is 4.90 Å². The van der Waals surface area contributed by atoms with Gasteiger partial charge in [0, 0.05) is 43.2 Å². The fourth-order valence-electron chi connectivity index (χ4n) is 3.58. The van der Waals surface area contributed by atoms with Crippen LogP contribution in [0.15, 0.2) is 52.7 Å². The molecule has 7 nitrogen and oxygen atoms in total. The second kappa shape index (κ2) is 9.53. The molecular weight excluding hydrogens is 453 g/mol. The van der Waals surface area contributed by atoms with Gasteiger partial charge in [0.05, 0.1) is 31.4 Å². The van der Waals surface area contributed by atoms with Gasteiger partial charge in [0.25, 0.3) is 0 Å². The Morgan fingerprint density at radius 1 is 1.00 bits per heavy atom. The Hall–Kier alpha value is -2.53. The van der Waals surface area contributed by atoms with Crippen molar-refractivity contribution in [2.24, 2.45) is 0 Å². The predicted octanol–water partition coefficient (Wildman–Crippen LogP) is 3.47. The number of hydrogen-bond donors (Lipinski definition) is 0. The van der Waals surface area contributed by atoms with E-state index >= 15 is 0 Å². The van der Waals surface area contributed by atoms with Gasteiger partial charge in [-0.1, -0.05) is 0 Å². The van der Waals surface area contributed by atoms with Gasteiger partial charge in [-0.15, -0.1) is 11.3 Å². The minimum atomic E-state index is -3.62. The van der Waals surface area contributed by atoms with Crippen LogP contribution in [0.2, 0.25) is 0 Å². The molecule has 0 bridgehead atoms. The van der Waals surface area contributed by atoms with E-state index in [1.807, 2.05) is 5.38 Å². The fraction of sp³-hybridized carbons (Fsp3) is 0.318. The molecule has 0 radical (unpaired) electrons. The number of hydrogen-bond acceptors (Lipinski definition) is 7. The molecule has 0 saturated carbocycles. The molecule has 0 unspecified atom stereocenters. The monoisotopic (exact) mass is 477 g/mol. The second-order valence-electron chi connectivity index (χ2n) is 7.33. The normalized spacial score (nSPS) is 15.6. The number of thiazole rings is 1. The van der Waals surface area contributed by atoms with Gasteiger partial charge >= 0.3 is 0 Å². The maximum Gasteiger partial charge on any atom is 0.243 e. The molecule has 1 aliphatic heterocycles. The highest BCUT2D eigenvalue weighted by molar-refractivity contribution is 7.89. The molecule has 170 valence electrons. The molecule has 0 N–H and O–H groups in total. The van der Waals surface area contributed by atoms with Crippen molar-refractivity contribution in [1.82, 2.24) is 14.2 Å². The lowest BCUT2D eigenvalue weighted by atomic mass is 10.2. The fourth-order valence-corrected chi connectivity index (χ4v) is 5.86. The minimum Gasteiger partial charge on any atom is -0.493 e. The van der Waals surface area contributed by atoms with Crippen molar-refractivity contribution in [1.29, 1.82) is 0 Å². The van der Waals surface area contributed by atoms with Gasteiger partial charge in [-0.05, 0) is 36.4 Å². The van der Waals surface area contributed by atoms with Crippen LogP contribution >= 0.6 is 11.3 Å². The predicted molar refractivity (Wildman–Crippen MR) is 121 cm³/mol. The summed E-state index contributed by atoms with van der Waals surface area (Å²) in [5, 5.41) is 2.90. The summed E-state index contributed by atoms with van der Waals surface area (Å²) >= 11 is 1.55. The van der Waals surface area contributed by atoms with E-state index in [1.165, 1.54) is 42.8 Å². The standard InChI is InChI=1S/C22H24FN3O4S2/c1-29-20-8-7-18(13-21(20)30-2)32(27,28)26-11-9-25(10-12-26)14-22-24-19(15-31-22)16-3-5-17(23)6-4-16/h3-8,13,15H,9-12,14H2,1-2H3. The smallest absolute Gasteiger partial charge is 0.243 e. The number of methoxy groups -OCH3 is 2. The third-order valence-corrected chi connectivity index (χ3v) is 8.10. The number of benzene rings is 2. The molecule has 32 heavy (non-hydrogen) atoms. The zero-order valence-electron chi connectivity index (χ0n) is 17.8. The van der Waals surface area contributed by atoms with Crippen molar-refractivity contribution in [3.8, 4) is 22.8 Å². The lowest BCUT2D eigenvalue weighted by Gasteiger charge is -2.33. The Labute approximate surface area is 191 Å². The quantitative estimate of drug-likeness (QED) is 0.519. The maximum atomic E-state index is 13.1. The highest BCUT2D eigenvalue weighted by Gasteiger charge is 2.29. The van der Waals surface area contributed by atoms with Crippen LogP contribution in [0, 0.1) is 5.82 Å². The largest absolute Gasteiger partial charge is 0.493 e. The summed E-state index contributed by atoms with van der Waals surface area (Å²) in [6, 6.07) is 10.9. The summed E-state index contributed by atoms with van der Waals surface area (Å²) < 4.78 is 51.2. The summed E-state index contributed by atoms with van der Waals surface area (Å²) in [5.74, 6) is 0.595. The highest BCUT2D eigenvalue weighted by Crippen LogP contribution is 2.31. The number of aromatic nitrogens is 1. The lowest BCUT2D eigenvalue weighted by molar-refractivity contribution is 0.181. The number of sulfonamides is 1. The van der Waals surface area contributed by atoms with Crippen LogP contribution in [0.5, 0.6) is 11.5 Å². The third-order valence-electron chi connectivity index (χ3n) is 5.37. The number of nitrogens with zero attached hydrogens (tertiary/aromatic N) is 3. The zero-order valence-corrected chi connectivity index (χ0v) is 19.5. The van der Waals surface area contributed by atoms with Gasteiger partial charge in [-0.25, -0.2) is 17.8 Å². The van der Waals surface area contributed by atoms with Crippen LogP contribution in [0.25, 0.3) is 11.3 Å². The van der Waals surface area contributed by atoms with Gasteiger partial charge < -0.3 is 9.47 Å². The van der Waals surface area contributed by atoms with E-state index in [4.69, 9.17) is 9.47 Å². The maximum absolute atomic E-state index is 13.1. The van der Waals surface area contributed by atoms with Crippen molar-refractivity contribution >= 4 is 21.4 Å². The molecule has 1 aliphatic rings. The summed E-state index contributed by atoms with van der Waals surface area (Å²) in [4.78, 5) is 7.03. The van der Waals surface area contributed by atoms with Gasteiger partial charge in [0.15, 0.2) is 11.5 Å². The van der Waals surface area contributed by atoms with Crippen molar-refractivity contribution in [3.05, 3.63) is 58.7 Å². The van der Waals surface area contributed by atoms with Crippen LogP contribution in [0.1, 0.15) is 5.01 Å². The van der Waals surface area contributed by atoms with E-state index in [-0.39, 0.29) is 10.7 Å². The first-order valence-corrected chi connectivity index (χ1v) is 12.4. The molecule has 4 rings (SSSR count). The van der Waals surface area contributed by atoms with Crippen molar-refractivity contribution in [2.75, 3.05) is 40.4 Å². The summed E-state index contributed by atoms with van der Waals surface area (Å²) in [6.45, 7) is 2.66. The van der Waals surface area contributed by atoms with E-state index < -0.39 is 10.0 Å². The average Bonchev–Trinajstić information content (AvgIpc) is 3.27. The molecule has 0 atom stereocenters. The van der Waals surface area contributed by atoms with Crippen molar-refractivity contribution in [2.45, 2.75) is 11.4 Å². The van der Waals surface area contributed by atoms with E-state index in [1.54, 1.807) is 29.5 Å². The molecule has 0 spiro atoms. The van der Waals surface area contributed by atoms with E-state index in [0.717, 1.165) is 16.3 Å². The van der Waals surface area contributed by atoms with E-state index in [0.29, 0.717) is 44.2 Å².